The zero-order valence-corrected chi connectivity index (χ0v) is 15.9. The summed E-state index contributed by atoms with van der Waals surface area (Å²) in [5, 5.41) is 13.7. The second-order valence-electron chi connectivity index (χ2n) is 5.81. The molecule has 0 spiro atoms. The Balaban J connectivity index is 1.83. The van der Waals surface area contributed by atoms with Crippen LogP contribution in [0.3, 0.4) is 0 Å². The van der Waals surface area contributed by atoms with E-state index in [1.165, 1.54) is 0 Å². The lowest BCUT2D eigenvalue weighted by Crippen LogP contribution is -2.28. The molecule has 9 heteroatoms. The number of ether oxygens (including phenoxy) is 3. The standard InChI is InChI=1S/C19H28N2O7/c22-17(7-8-18(23)24)20-9-4-11-26-13-14-27-12-10-21-19(25)28-15-16-5-2-1-3-6-16/h1-3,5-6H,4,7-15H2,(H,20,22)(H,21,25)(H,23,24). The first kappa shape index (κ1) is 23.4. The van der Waals surface area contributed by atoms with E-state index in [9.17, 15) is 14.4 Å². The van der Waals surface area contributed by atoms with Gasteiger partial charge in [0, 0.05) is 26.1 Å². The number of nitrogens with one attached hydrogen (secondary N) is 2. The highest BCUT2D eigenvalue weighted by atomic mass is 16.5. The average Bonchev–Trinajstić information content (AvgIpc) is 2.69. The van der Waals surface area contributed by atoms with Crippen molar-refractivity contribution in [2.75, 3.05) is 39.5 Å². The lowest BCUT2D eigenvalue weighted by atomic mass is 10.2. The molecule has 0 saturated heterocycles. The van der Waals surface area contributed by atoms with E-state index in [1.807, 2.05) is 30.3 Å². The number of carbonyl (C=O) groups is 3. The molecule has 0 radical (unpaired) electrons. The van der Waals surface area contributed by atoms with Gasteiger partial charge >= 0.3 is 12.1 Å². The number of aliphatic carboxylic acids is 1. The van der Waals surface area contributed by atoms with Gasteiger partial charge in [-0.3, -0.25) is 9.59 Å². The van der Waals surface area contributed by atoms with Gasteiger partial charge < -0.3 is 30.0 Å². The molecule has 0 atom stereocenters. The highest BCUT2D eigenvalue weighted by molar-refractivity contribution is 5.80. The van der Waals surface area contributed by atoms with Gasteiger partial charge in [0.2, 0.25) is 5.91 Å². The normalized spacial score (nSPS) is 10.3. The van der Waals surface area contributed by atoms with Gasteiger partial charge in [-0.15, -0.1) is 0 Å². The van der Waals surface area contributed by atoms with Crippen molar-refractivity contribution in [3.63, 3.8) is 0 Å². The van der Waals surface area contributed by atoms with Crippen LogP contribution >= 0.6 is 0 Å². The van der Waals surface area contributed by atoms with E-state index in [0.717, 1.165) is 5.56 Å². The van der Waals surface area contributed by atoms with Crippen LogP contribution in [0.25, 0.3) is 0 Å². The Kier molecular flexibility index (Phi) is 12.9. The Bertz CT molecular complexity index is 581. The highest BCUT2D eigenvalue weighted by Gasteiger charge is 2.04. The SMILES string of the molecule is O=C(O)CCC(=O)NCCCOCCOCCNC(=O)OCc1ccccc1. The van der Waals surface area contributed by atoms with Crippen LogP contribution in [-0.4, -0.2) is 62.6 Å². The molecule has 28 heavy (non-hydrogen) atoms. The van der Waals surface area contributed by atoms with Crippen LogP contribution in [0.15, 0.2) is 30.3 Å². The first-order chi connectivity index (χ1) is 13.6. The number of hydrogen-bond acceptors (Lipinski definition) is 6. The van der Waals surface area contributed by atoms with Crippen molar-refractivity contribution in [2.24, 2.45) is 0 Å². The van der Waals surface area contributed by atoms with E-state index < -0.39 is 12.1 Å². The van der Waals surface area contributed by atoms with Crippen molar-refractivity contribution in [3.05, 3.63) is 35.9 Å². The molecule has 1 aromatic rings. The molecule has 0 aliphatic heterocycles. The third-order valence-corrected chi connectivity index (χ3v) is 3.45. The molecule has 2 amide bonds. The third kappa shape index (κ3) is 13.5. The molecule has 0 saturated carbocycles. The van der Waals surface area contributed by atoms with Crippen molar-refractivity contribution in [1.29, 1.82) is 0 Å². The molecule has 156 valence electrons. The van der Waals surface area contributed by atoms with Crippen molar-refractivity contribution >= 4 is 18.0 Å². The fourth-order valence-electron chi connectivity index (χ4n) is 2.03. The topological polar surface area (TPSA) is 123 Å². The van der Waals surface area contributed by atoms with Crippen LogP contribution in [0.2, 0.25) is 0 Å². The summed E-state index contributed by atoms with van der Waals surface area (Å²) in [6.45, 7) is 2.62. The molecule has 1 rings (SSSR count). The minimum atomic E-state index is -0.988. The van der Waals surface area contributed by atoms with Crippen molar-refractivity contribution in [1.82, 2.24) is 10.6 Å². The van der Waals surface area contributed by atoms with E-state index in [0.29, 0.717) is 45.9 Å². The first-order valence-electron chi connectivity index (χ1n) is 9.16. The summed E-state index contributed by atoms with van der Waals surface area (Å²) < 4.78 is 15.7. The number of benzene rings is 1. The number of hydrogen-bond donors (Lipinski definition) is 3. The Morgan fingerprint density at radius 2 is 1.57 bits per heavy atom. The number of amides is 2. The van der Waals surface area contributed by atoms with Gasteiger partial charge in [0.1, 0.15) is 6.61 Å². The van der Waals surface area contributed by atoms with Crippen molar-refractivity contribution < 1.29 is 33.7 Å². The molecule has 0 heterocycles. The third-order valence-electron chi connectivity index (χ3n) is 3.45. The van der Waals surface area contributed by atoms with Crippen LogP contribution in [0.1, 0.15) is 24.8 Å². The van der Waals surface area contributed by atoms with E-state index >= 15 is 0 Å². The molecule has 1 aromatic carbocycles. The number of alkyl carbamates (subject to hydrolysis) is 1. The van der Waals surface area contributed by atoms with E-state index in [4.69, 9.17) is 19.3 Å². The molecule has 0 fully saturated rings. The Hall–Kier alpha value is -2.65. The molecule has 0 aromatic heterocycles. The van der Waals surface area contributed by atoms with Gasteiger partial charge in [-0.25, -0.2) is 4.79 Å². The number of rotatable bonds is 15. The molecule has 0 aliphatic carbocycles. The number of carboxylic acids is 1. The van der Waals surface area contributed by atoms with Crippen LogP contribution in [0.5, 0.6) is 0 Å². The summed E-state index contributed by atoms with van der Waals surface area (Å²) in [4.78, 5) is 33.1. The van der Waals surface area contributed by atoms with Crippen LogP contribution < -0.4 is 10.6 Å². The molecule has 9 nitrogen and oxygen atoms in total. The van der Waals surface area contributed by atoms with Crippen molar-refractivity contribution in [2.45, 2.75) is 25.9 Å². The lowest BCUT2D eigenvalue weighted by Gasteiger charge is -2.08. The molecular formula is C19H28N2O7. The van der Waals surface area contributed by atoms with Gasteiger partial charge in [0.05, 0.1) is 26.2 Å². The van der Waals surface area contributed by atoms with Crippen LogP contribution in [-0.2, 0) is 30.4 Å². The first-order valence-corrected chi connectivity index (χ1v) is 9.16. The van der Waals surface area contributed by atoms with Gasteiger partial charge in [-0.1, -0.05) is 30.3 Å². The maximum absolute atomic E-state index is 11.5. The molecule has 0 bridgehead atoms. The van der Waals surface area contributed by atoms with Gasteiger partial charge in [0.15, 0.2) is 0 Å². The quantitative estimate of drug-likeness (QED) is 0.382. The van der Waals surface area contributed by atoms with E-state index in [-0.39, 0.29) is 25.4 Å². The maximum atomic E-state index is 11.5. The fraction of sp³-hybridized carbons (Fsp3) is 0.526. The number of carbonyl (C=O) groups excluding carboxylic acids is 2. The highest BCUT2D eigenvalue weighted by Crippen LogP contribution is 2.00. The average molecular weight is 396 g/mol. The minimum Gasteiger partial charge on any atom is -0.481 e. The lowest BCUT2D eigenvalue weighted by molar-refractivity contribution is -0.138. The number of carboxylic acid groups (broad SMARTS) is 1. The second-order valence-corrected chi connectivity index (χ2v) is 5.81. The second kappa shape index (κ2) is 15.4. The summed E-state index contributed by atoms with van der Waals surface area (Å²) in [5.74, 6) is -1.27. The predicted octanol–water partition coefficient (Wildman–Crippen LogP) is 1.32. The van der Waals surface area contributed by atoms with Gasteiger partial charge in [0.25, 0.3) is 0 Å². The zero-order valence-electron chi connectivity index (χ0n) is 15.9. The Morgan fingerprint density at radius 3 is 2.29 bits per heavy atom. The molecular weight excluding hydrogens is 368 g/mol. The summed E-state index contributed by atoms with van der Waals surface area (Å²) in [6.07, 6.45) is -0.0424. The monoisotopic (exact) mass is 396 g/mol. The van der Waals surface area contributed by atoms with Crippen LogP contribution in [0, 0.1) is 0 Å². The Labute approximate surface area is 164 Å². The summed E-state index contributed by atoms with van der Waals surface area (Å²) in [7, 11) is 0. The molecule has 0 unspecified atom stereocenters. The van der Waals surface area contributed by atoms with E-state index in [1.54, 1.807) is 0 Å². The summed E-state index contributed by atoms with van der Waals surface area (Å²) in [6, 6.07) is 9.41. The zero-order chi connectivity index (χ0) is 20.5. The molecule has 0 aliphatic rings. The smallest absolute Gasteiger partial charge is 0.407 e. The van der Waals surface area contributed by atoms with Crippen molar-refractivity contribution in [3.8, 4) is 0 Å². The minimum absolute atomic E-state index is 0.0160. The summed E-state index contributed by atoms with van der Waals surface area (Å²) >= 11 is 0. The molecule has 3 N–H and O–H groups in total. The maximum Gasteiger partial charge on any atom is 0.407 e. The largest absolute Gasteiger partial charge is 0.481 e. The van der Waals surface area contributed by atoms with Gasteiger partial charge in [-0.2, -0.15) is 0 Å². The van der Waals surface area contributed by atoms with Gasteiger partial charge in [-0.05, 0) is 12.0 Å². The predicted molar refractivity (Wildman–Crippen MR) is 101 cm³/mol. The fourth-order valence-corrected chi connectivity index (χ4v) is 2.03. The summed E-state index contributed by atoms with van der Waals surface area (Å²) in [5.41, 5.74) is 0.922. The van der Waals surface area contributed by atoms with E-state index in [2.05, 4.69) is 10.6 Å². The van der Waals surface area contributed by atoms with Crippen LogP contribution in [0.4, 0.5) is 4.79 Å². The Morgan fingerprint density at radius 1 is 0.857 bits per heavy atom.